The molecule has 1 aliphatic heterocycles. The van der Waals surface area contributed by atoms with Gasteiger partial charge in [-0.15, -0.1) is 0 Å². The lowest BCUT2D eigenvalue weighted by molar-refractivity contribution is 0.0326. The maximum Gasteiger partial charge on any atom is 0.255 e. The van der Waals surface area contributed by atoms with E-state index in [1.54, 1.807) is 14.2 Å². The van der Waals surface area contributed by atoms with E-state index in [0.29, 0.717) is 56.1 Å². The third-order valence-corrected chi connectivity index (χ3v) is 5.55. The Labute approximate surface area is 185 Å². The Morgan fingerprint density at radius 1 is 1.16 bits per heavy atom. The topological polar surface area (TPSA) is 89.5 Å². The minimum Gasteiger partial charge on any atom is -0.493 e. The van der Waals surface area contributed by atoms with Crippen LogP contribution in [0.1, 0.15) is 42.1 Å². The molecule has 0 bridgehead atoms. The van der Waals surface area contributed by atoms with Crippen LogP contribution in [0.25, 0.3) is 0 Å². The largest absolute Gasteiger partial charge is 0.493 e. The molecule has 0 saturated carbocycles. The molecule has 8 heteroatoms. The molecule has 0 aromatic heterocycles. The number of nitrogens with zero attached hydrogens (tertiary/aromatic N) is 1. The van der Waals surface area contributed by atoms with Crippen molar-refractivity contribution in [1.82, 2.24) is 10.2 Å². The molecular formula is C23H38N2O6. The number of carbonyl (C=O) groups excluding carboxylic acids is 1. The van der Waals surface area contributed by atoms with Gasteiger partial charge >= 0.3 is 0 Å². The maximum atomic E-state index is 13.0. The zero-order chi connectivity index (χ0) is 22.5. The van der Waals surface area contributed by atoms with E-state index in [4.69, 9.17) is 24.1 Å². The zero-order valence-corrected chi connectivity index (χ0v) is 19.2. The van der Waals surface area contributed by atoms with Gasteiger partial charge in [0.1, 0.15) is 0 Å². The number of hydrogen-bond donors (Lipinski definition) is 2. The molecule has 1 fully saturated rings. The van der Waals surface area contributed by atoms with E-state index < -0.39 is 0 Å². The molecule has 1 saturated heterocycles. The van der Waals surface area contributed by atoms with Crippen LogP contribution < -0.4 is 14.8 Å². The first-order valence-electron chi connectivity index (χ1n) is 11.2. The van der Waals surface area contributed by atoms with Gasteiger partial charge in [-0.2, -0.15) is 0 Å². The minimum absolute atomic E-state index is 0.0206. The summed E-state index contributed by atoms with van der Waals surface area (Å²) in [6.45, 7) is 6.80. The number of likely N-dealkylation sites (N-methyl/N-ethyl adjacent to an activating group) is 1. The smallest absolute Gasteiger partial charge is 0.255 e. The van der Waals surface area contributed by atoms with Crippen molar-refractivity contribution in [2.45, 2.75) is 38.6 Å². The van der Waals surface area contributed by atoms with Crippen molar-refractivity contribution in [1.29, 1.82) is 0 Å². The predicted octanol–water partition coefficient (Wildman–Crippen LogP) is 1.88. The second kappa shape index (κ2) is 14.2. The lowest BCUT2D eigenvalue weighted by atomic mass is 10.0. The number of aliphatic hydroxyl groups is 1. The van der Waals surface area contributed by atoms with Crippen LogP contribution in [0.5, 0.6) is 11.5 Å². The maximum absolute atomic E-state index is 13.0. The lowest BCUT2D eigenvalue weighted by Gasteiger charge is -2.23. The Morgan fingerprint density at radius 3 is 2.61 bits per heavy atom. The Hall–Kier alpha value is -1.87. The van der Waals surface area contributed by atoms with Crippen LogP contribution in [-0.2, 0) is 15.9 Å². The second-order valence-electron chi connectivity index (χ2n) is 7.57. The van der Waals surface area contributed by atoms with Crippen molar-refractivity contribution >= 4 is 5.91 Å². The van der Waals surface area contributed by atoms with Crippen LogP contribution in [0.3, 0.4) is 0 Å². The van der Waals surface area contributed by atoms with E-state index in [0.717, 1.165) is 37.9 Å². The predicted molar refractivity (Wildman–Crippen MR) is 119 cm³/mol. The van der Waals surface area contributed by atoms with Crippen LogP contribution in [0.15, 0.2) is 12.1 Å². The van der Waals surface area contributed by atoms with E-state index in [1.165, 1.54) is 6.42 Å². The van der Waals surface area contributed by atoms with Crippen LogP contribution in [0.4, 0.5) is 0 Å². The van der Waals surface area contributed by atoms with Crippen LogP contribution in [0.2, 0.25) is 0 Å². The van der Waals surface area contributed by atoms with Gasteiger partial charge in [0.2, 0.25) is 0 Å². The molecule has 0 radical (unpaired) electrons. The number of rotatable bonds is 15. The Morgan fingerprint density at radius 2 is 1.94 bits per heavy atom. The van der Waals surface area contributed by atoms with Gasteiger partial charge in [-0.3, -0.25) is 9.69 Å². The summed E-state index contributed by atoms with van der Waals surface area (Å²) in [5.74, 6) is 0.872. The highest BCUT2D eigenvalue weighted by Crippen LogP contribution is 2.33. The fraction of sp³-hybridized carbons (Fsp3) is 0.696. The molecule has 31 heavy (non-hydrogen) atoms. The fourth-order valence-corrected chi connectivity index (χ4v) is 3.95. The summed E-state index contributed by atoms with van der Waals surface area (Å²) < 4.78 is 21.7. The number of carbonyl (C=O) groups is 1. The van der Waals surface area contributed by atoms with Crippen LogP contribution in [0, 0.1) is 0 Å². The van der Waals surface area contributed by atoms with Crippen molar-refractivity contribution in [2.75, 3.05) is 66.9 Å². The summed E-state index contributed by atoms with van der Waals surface area (Å²) in [5, 5.41) is 11.8. The van der Waals surface area contributed by atoms with Gasteiger partial charge in [0.15, 0.2) is 11.5 Å². The molecule has 1 amide bonds. The van der Waals surface area contributed by atoms with Crippen molar-refractivity contribution < 1.29 is 28.8 Å². The average molecular weight is 439 g/mol. The molecule has 0 unspecified atom stereocenters. The molecule has 2 N–H and O–H groups in total. The molecule has 1 aromatic carbocycles. The highest BCUT2D eigenvalue weighted by atomic mass is 16.5. The number of amides is 1. The van der Waals surface area contributed by atoms with Crippen molar-refractivity contribution in [2.24, 2.45) is 0 Å². The summed E-state index contributed by atoms with van der Waals surface area (Å²) in [7, 11) is 3.13. The van der Waals surface area contributed by atoms with E-state index >= 15 is 0 Å². The van der Waals surface area contributed by atoms with Crippen molar-refractivity contribution in [3.63, 3.8) is 0 Å². The molecule has 1 aromatic rings. The average Bonchev–Trinajstić information content (AvgIpc) is 3.26. The van der Waals surface area contributed by atoms with E-state index in [2.05, 4.69) is 17.1 Å². The fourth-order valence-electron chi connectivity index (χ4n) is 3.95. The number of aliphatic hydroxyl groups excluding tert-OH is 1. The molecule has 0 spiro atoms. The summed E-state index contributed by atoms with van der Waals surface area (Å²) in [4.78, 5) is 15.4. The Kier molecular flexibility index (Phi) is 11.7. The molecule has 8 nitrogen and oxygen atoms in total. The molecule has 0 aliphatic carbocycles. The Balaban J connectivity index is 1.93. The summed E-state index contributed by atoms with van der Waals surface area (Å²) in [5.41, 5.74) is 1.50. The van der Waals surface area contributed by atoms with Gasteiger partial charge in [-0.05, 0) is 56.5 Å². The summed E-state index contributed by atoms with van der Waals surface area (Å²) in [6.07, 6.45) is 3.85. The SMILES string of the molecule is CCN1CCC[C@H]1CNC(=O)c1cc(CCCOCCOCCO)cc(OC)c1OC. The first kappa shape index (κ1) is 25.4. The van der Waals surface area contributed by atoms with Crippen molar-refractivity contribution in [3.05, 3.63) is 23.3 Å². The zero-order valence-electron chi connectivity index (χ0n) is 19.2. The standard InChI is InChI=1S/C23H38N2O6/c1-4-25-9-5-8-19(25)17-24-23(27)20-15-18(16-21(28-2)22(20)29-3)7-6-11-30-13-14-31-12-10-26/h15-16,19,26H,4-14,17H2,1-3H3,(H,24,27)/t19-/m0/s1. The highest BCUT2D eigenvalue weighted by Gasteiger charge is 2.25. The molecular weight excluding hydrogens is 400 g/mol. The number of hydrogen-bond acceptors (Lipinski definition) is 7. The van der Waals surface area contributed by atoms with E-state index in [1.807, 2.05) is 12.1 Å². The first-order chi connectivity index (χ1) is 15.1. The van der Waals surface area contributed by atoms with Gasteiger partial charge in [0, 0.05) is 19.2 Å². The normalized spacial score (nSPS) is 16.5. The van der Waals surface area contributed by atoms with E-state index in [-0.39, 0.29) is 12.5 Å². The summed E-state index contributed by atoms with van der Waals surface area (Å²) in [6, 6.07) is 4.19. The quantitative estimate of drug-likeness (QED) is 0.404. The number of methoxy groups -OCH3 is 2. The molecule has 176 valence electrons. The first-order valence-corrected chi connectivity index (χ1v) is 11.2. The van der Waals surface area contributed by atoms with Gasteiger partial charge in [0.25, 0.3) is 5.91 Å². The molecule has 1 aliphatic rings. The third-order valence-electron chi connectivity index (χ3n) is 5.55. The van der Waals surface area contributed by atoms with Gasteiger partial charge in [-0.25, -0.2) is 0 Å². The number of benzene rings is 1. The monoisotopic (exact) mass is 438 g/mol. The van der Waals surface area contributed by atoms with Crippen LogP contribution in [-0.4, -0.2) is 88.8 Å². The molecule has 2 rings (SSSR count). The number of ether oxygens (including phenoxy) is 4. The summed E-state index contributed by atoms with van der Waals surface area (Å²) >= 11 is 0. The number of likely N-dealkylation sites (tertiary alicyclic amines) is 1. The third kappa shape index (κ3) is 7.96. The van der Waals surface area contributed by atoms with Crippen molar-refractivity contribution in [3.8, 4) is 11.5 Å². The van der Waals surface area contributed by atoms with Crippen LogP contribution >= 0.6 is 0 Å². The highest BCUT2D eigenvalue weighted by molar-refractivity contribution is 5.98. The number of aryl methyl sites for hydroxylation is 1. The number of nitrogens with one attached hydrogen (secondary N) is 1. The van der Waals surface area contributed by atoms with Gasteiger partial charge in [0.05, 0.1) is 46.2 Å². The second-order valence-corrected chi connectivity index (χ2v) is 7.57. The van der Waals surface area contributed by atoms with Gasteiger partial charge < -0.3 is 29.4 Å². The lowest BCUT2D eigenvalue weighted by Crippen LogP contribution is -2.40. The molecule has 1 heterocycles. The molecule has 1 atom stereocenters. The minimum atomic E-state index is -0.141. The van der Waals surface area contributed by atoms with E-state index in [9.17, 15) is 4.79 Å². The van der Waals surface area contributed by atoms with Gasteiger partial charge in [-0.1, -0.05) is 6.92 Å². The Bertz CT molecular complexity index is 670.